The molecular formula is C26H28N4O5S. The lowest BCUT2D eigenvalue weighted by Crippen LogP contribution is -2.17. The van der Waals surface area contributed by atoms with E-state index in [2.05, 4.69) is 33.3 Å². The molecule has 9 nitrogen and oxygen atoms in total. The second kappa shape index (κ2) is 8.70. The first-order chi connectivity index (χ1) is 17.1. The van der Waals surface area contributed by atoms with Crippen LogP contribution in [0.5, 0.6) is 11.5 Å². The first-order valence-electron chi connectivity index (χ1n) is 11.5. The summed E-state index contributed by atoms with van der Waals surface area (Å²) >= 11 is 0. The molecule has 0 spiro atoms. The van der Waals surface area contributed by atoms with E-state index in [0.29, 0.717) is 28.9 Å². The summed E-state index contributed by atoms with van der Waals surface area (Å²) in [6.45, 7) is 6.05. The van der Waals surface area contributed by atoms with Gasteiger partial charge in [-0.05, 0) is 62.6 Å². The molecule has 10 heteroatoms. The standard InChI is InChI=1S/C26H28N4O5S/c1-14-11-18-12-21(33-4)22(34-5)13-20(18)25-24(26-27-16(3)28-35-26)23(15(2)30(14)25)17-7-9-19(10-8-17)29-36(6,31)32/h7-10,12-14,29H,11H2,1-6H3. The van der Waals surface area contributed by atoms with Crippen LogP contribution in [-0.2, 0) is 16.4 Å². The number of benzene rings is 2. The third-order valence-electron chi connectivity index (χ3n) is 6.49. The van der Waals surface area contributed by atoms with Crippen LogP contribution in [0.2, 0.25) is 0 Å². The Morgan fingerprint density at radius 3 is 2.31 bits per heavy atom. The van der Waals surface area contributed by atoms with Gasteiger partial charge in [-0.1, -0.05) is 17.3 Å². The van der Waals surface area contributed by atoms with E-state index >= 15 is 0 Å². The maximum atomic E-state index is 11.7. The quantitative estimate of drug-likeness (QED) is 0.391. The number of aromatic nitrogens is 3. The Morgan fingerprint density at radius 1 is 1.06 bits per heavy atom. The molecule has 188 valence electrons. The van der Waals surface area contributed by atoms with Gasteiger partial charge in [-0.25, -0.2) is 8.42 Å². The van der Waals surface area contributed by atoms with Crippen molar-refractivity contribution in [3.63, 3.8) is 0 Å². The normalized spacial score (nSPS) is 14.8. The van der Waals surface area contributed by atoms with Crippen LogP contribution in [0.1, 0.15) is 30.0 Å². The Hall–Kier alpha value is -3.79. The van der Waals surface area contributed by atoms with Crippen molar-refractivity contribution in [3.8, 4) is 45.3 Å². The lowest BCUT2D eigenvalue weighted by molar-refractivity contribution is 0.354. The van der Waals surface area contributed by atoms with Crippen molar-refractivity contribution in [2.24, 2.45) is 0 Å². The molecule has 1 unspecified atom stereocenters. The zero-order valence-electron chi connectivity index (χ0n) is 21.0. The van der Waals surface area contributed by atoms with Crippen LogP contribution in [0.15, 0.2) is 40.9 Å². The third-order valence-corrected chi connectivity index (χ3v) is 7.10. The predicted molar refractivity (Wildman–Crippen MR) is 138 cm³/mol. The first kappa shape index (κ1) is 23.9. The van der Waals surface area contributed by atoms with E-state index in [0.717, 1.165) is 51.9 Å². The summed E-state index contributed by atoms with van der Waals surface area (Å²) in [7, 11) is -0.116. The van der Waals surface area contributed by atoms with Gasteiger partial charge in [0.1, 0.15) is 0 Å². The summed E-state index contributed by atoms with van der Waals surface area (Å²) in [4.78, 5) is 4.59. The fourth-order valence-electron chi connectivity index (χ4n) is 5.12. The highest BCUT2D eigenvalue weighted by molar-refractivity contribution is 7.92. The first-order valence-corrected chi connectivity index (χ1v) is 13.4. The molecule has 1 atom stereocenters. The summed E-state index contributed by atoms with van der Waals surface area (Å²) < 4.78 is 45.1. The lowest BCUT2D eigenvalue weighted by Gasteiger charge is -2.28. The van der Waals surface area contributed by atoms with Gasteiger partial charge in [0, 0.05) is 28.6 Å². The topological polar surface area (TPSA) is 108 Å². The number of nitrogens with zero attached hydrogens (tertiary/aromatic N) is 3. The zero-order chi connectivity index (χ0) is 25.8. The number of rotatable bonds is 6. The van der Waals surface area contributed by atoms with Gasteiger partial charge in [0.25, 0.3) is 5.89 Å². The number of nitrogens with one attached hydrogen (secondary N) is 1. The molecule has 36 heavy (non-hydrogen) atoms. The minimum absolute atomic E-state index is 0.160. The number of ether oxygens (including phenoxy) is 2. The predicted octanol–water partition coefficient (Wildman–Crippen LogP) is 4.99. The second-order valence-electron chi connectivity index (χ2n) is 9.07. The molecular weight excluding hydrogens is 480 g/mol. The van der Waals surface area contributed by atoms with Crippen LogP contribution in [0, 0.1) is 13.8 Å². The van der Waals surface area contributed by atoms with Gasteiger partial charge in [0.05, 0.1) is 31.7 Å². The van der Waals surface area contributed by atoms with Crippen molar-refractivity contribution in [1.29, 1.82) is 0 Å². The molecule has 0 saturated heterocycles. The Morgan fingerprint density at radius 2 is 1.72 bits per heavy atom. The highest BCUT2D eigenvalue weighted by Crippen LogP contribution is 2.50. The SMILES string of the molecule is COc1cc2c(cc1OC)-c1c(-c3nc(C)no3)c(-c3ccc(NS(C)(=O)=O)cc3)c(C)n1C(C)C2. The van der Waals surface area contributed by atoms with Crippen molar-refractivity contribution < 1.29 is 22.4 Å². The Labute approximate surface area is 210 Å². The molecule has 0 aliphatic carbocycles. The third kappa shape index (κ3) is 4.01. The number of anilines is 1. The van der Waals surface area contributed by atoms with Crippen molar-refractivity contribution >= 4 is 15.7 Å². The van der Waals surface area contributed by atoms with E-state index in [4.69, 9.17) is 14.0 Å². The highest BCUT2D eigenvalue weighted by atomic mass is 32.2. The maximum absolute atomic E-state index is 11.7. The molecule has 0 bridgehead atoms. The minimum Gasteiger partial charge on any atom is -0.493 e. The number of sulfonamides is 1. The lowest BCUT2D eigenvalue weighted by atomic mass is 9.91. The molecule has 0 saturated carbocycles. The number of aryl methyl sites for hydroxylation is 1. The van der Waals surface area contributed by atoms with Crippen molar-refractivity contribution in [2.75, 3.05) is 25.2 Å². The van der Waals surface area contributed by atoms with Gasteiger partial charge in [0.15, 0.2) is 17.3 Å². The summed E-state index contributed by atoms with van der Waals surface area (Å²) in [6, 6.07) is 11.5. The molecule has 4 aromatic rings. The molecule has 2 aromatic heterocycles. The summed E-state index contributed by atoms with van der Waals surface area (Å²) in [5, 5.41) is 4.06. The maximum Gasteiger partial charge on any atom is 0.260 e. The van der Waals surface area contributed by atoms with Crippen LogP contribution in [-0.4, -0.2) is 43.6 Å². The molecule has 2 aromatic carbocycles. The molecule has 5 rings (SSSR count). The van der Waals surface area contributed by atoms with E-state index < -0.39 is 10.0 Å². The van der Waals surface area contributed by atoms with E-state index in [1.807, 2.05) is 24.3 Å². The molecule has 0 fully saturated rings. The van der Waals surface area contributed by atoms with Crippen LogP contribution in [0.3, 0.4) is 0 Å². The van der Waals surface area contributed by atoms with Gasteiger partial charge >= 0.3 is 0 Å². The zero-order valence-corrected chi connectivity index (χ0v) is 21.9. The summed E-state index contributed by atoms with van der Waals surface area (Å²) in [5.74, 6) is 2.29. The number of hydrogen-bond donors (Lipinski definition) is 1. The van der Waals surface area contributed by atoms with E-state index in [1.54, 1.807) is 33.3 Å². The molecule has 1 aliphatic heterocycles. The number of methoxy groups -OCH3 is 2. The molecule has 0 radical (unpaired) electrons. The van der Waals surface area contributed by atoms with Crippen molar-refractivity contribution in [1.82, 2.24) is 14.7 Å². The molecule has 3 heterocycles. The van der Waals surface area contributed by atoms with Crippen LogP contribution in [0.25, 0.3) is 33.8 Å². The summed E-state index contributed by atoms with van der Waals surface area (Å²) in [6.07, 6.45) is 1.95. The van der Waals surface area contributed by atoms with Crippen LogP contribution in [0.4, 0.5) is 5.69 Å². The van der Waals surface area contributed by atoms with E-state index in [1.165, 1.54) is 0 Å². The highest BCUT2D eigenvalue weighted by Gasteiger charge is 2.34. The van der Waals surface area contributed by atoms with Gasteiger partial charge in [0.2, 0.25) is 10.0 Å². The van der Waals surface area contributed by atoms with Gasteiger partial charge < -0.3 is 18.6 Å². The molecule has 1 aliphatic rings. The Bertz CT molecular complexity index is 1570. The average molecular weight is 509 g/mol. The number of hydrogen-bond acceptors (Lipinski definition) is 7. The molecule has 1 N–H and O–H groups in total. The van der Waals surface area contributed by atoms with Gasteiger partial charge in [-0.3, -0.25) is 4.72 Å². The van der Waals surface area contributed by atoms with E-state index in [9.17, 15) is 8.42 Å². The smallest absolute Gasteiger partial charge is 0.260 e. The van der Waals surface area contributed by atoms with Crippen molar-refractivity contribution in [3.05, 3.63) is 53.5 Å². The van der Waals surface area contributed by atoms with E-state index in [-0.39, 0.29) is 6.04 Å². The fraction of sp³-hybridized carbons (Fsp3) is 0.308. The largest absolute Gasteiger partial charge is 0.493 e. The van der Waals surface area contributed by atoms with Crippen molar-refractivity contribution in [2.45, 2.75) is 33.2 Å². The van der Waals surface area contributed by atoms with Gasteiger partial charge in [-0.2, -0.15) is 4.98 Å². The monoisotopic (exact) mass is 508 g/mol. The average Bonchev–Trinajstić information content (AvgIpc) is 3.39. The summed E-state index contributed by atoms with van der Waals surface area (Å²) in [5.41, 5.74) is 7.36. The van der Waals surface area contributed by atoms with Crippen LogP contribution >= 0.6 is 0 Å². The fourth-order valence-corrected chi connectivity index (χ4v) is 5.69. The van der Waals surface area contributed by atoms with Crippen LogP contribution < -0.4 is 14.2 Å². The Kier molecular flexibility index (Phi) is 5.78. The molecule has 0 amide bonds. The second-order valence-corrected chi connectivity index (χ2v) is 10.8. The minimum atomic E-state index is -3.38. The van der Waals surface area contributed by atoms with Gasteiger partial charge in [-0.15, -0.1) is 0 Å². The Balaban J connectivity index is 1.80. The number of fused-ring (bicyclic) bond motifs is 3.